The van der Waals surface area contributed by atoms with Crippen molar-refractivity contribution in [3.05, 3.63) is 24.3 Å². The third-order valence-electron chi connectivity index (χ3n) is 2.17. The summed E-state index contributed by atoms with van der Waals surface area (Å²) in [6.07, 6.45) is 3.54. The lowest BCUT2D eigenvalue weighted by atomic mass is 10.4. The number of rotatable bonds is 5. The van der Waals surface area contributed by atoms with Crippen molar-refractivity contribution >= 4 is 17.3 Å². The number of hydrazine groups is 1. The lowest BCUT2D eigenvalue weighted by Gasteiger charge is -2.07. The van der Waals surface area contributed by atoms with E-state index in [0.717, 1.165) is 5.69 Å². The molecule has 4 N–H and O–H groups in total. The molecule has 0 unspecified atom stereocenters. The first-order chi connectivity index (χ1) is 8.71. The Kier molecular flexibility index (Phi) is 3.70. The number of nitrogens with two attached hydrogens (primary N) is 1. The molecule has 0 amide bonds. The third kappa shape index (κ3) is 2.93. The van der Waals surface area contributed by atoms with Gasteiger partial charge in [0, 0.05) is 26.4 Å². The van der Waals surface area contributed by atoms with Crippen molar-refractivity contribution in [1.29, 1.82) is 0 Å². The minimum Gasteiger partial charge on any atom is -0.377 e. The van der Waals surface area contributed by atoms with Gasteiger partial charge in [0.1, 0.15) is 18.2 Å². The van der Waals surface area contributed by atoms with Gasteiger partial charge in [0.25, 0.3) is 0 Å². The van der Waals surface area contributed by atoms with E-state index in [9.17, 15) is 0 Å². The van der Waals surface area contributed by atoms with Gasteiger partial charge in [-0.25, -0.2) is 15.8 Å². The van der Waals surface area contributed by atoms with Gasteiger partial charge in [-0.3, -0.25) is 4.68 Å². The van der Waals surface area contributed by atoms with Crippen LogP contribution in [0.25, 0.3) is 0 Å². The molecule has 0 aliphatic carbocycles. The van der Waals surface area contributed by atoms with E-state index >= 15 is 0 Å². The first-order valence-corrected chi connectivity index (χ1v) is 5.30. The van der Waals surface area contributed by atoms with E-state index in [4.69, 9.17) is 10.6 Å². The summed E-state index contributed by atoms with van der Waals surface area (Å²) in [4.78, 5) is 8.45. The Morgan fingerprint density at radius 1 is 1.39 bits per heavy atom. The molecule has 2 heterocycles. The Morgan fingerprint density at radius 3 is 2.78 bits per heavy atom. The summed E-state index contributed by atoms with van der Waals surface area (Å²) < 4.78 is 6.69. The second kappa shape index (κ2) is 5.43. The maximum absolute atomic E-state index is 5.36. The maximum atomic E-state index is 5.36. The number of nitrogen functional groups attached to an aromatic ring is 1. The van der Waals surface area contributed by atoms with Gasteiger partial charge < -0.3 is 15.5 Å². The zero-order chi connectivity index (χ0) is 13.0. The number of aryl methyl sites for hydroxylation is 1. The summed E-state index contributed by atoms with van der Waals surface area (Å²) in [6.45, 7) is 0.317. The third-order valence-corrected chi connectivity index (χ3v) is 2.17. The van der Waals surface area contributed by atoms with Gasteiger partial charge in [-0.2, -0.15) is 5.10 Å². The van der Waals surface area contributed by atoms with Crippen LogP contribution in [0, 0.1) is 0 Å². The highest BCUT2D eigenvalue weighted by Gasteiger charge is 2.05. The molecule has 2 aromatic heterocycles. The molecular weight excluding hydrogens is 234 g/mol. The van der Waals surface area contributed by atoms with E-state index in [-0.39, 0.29) is 0 Å². The molecule has 0 atom stereocenters. The molecule has 0 aliphatic rings. The van der Waals surface area contributed by atoms with Crippen molar-refractivity contribution in [2.24, 2.45) is 12.9 Å². The maximum Gasteiger partial charge on any atom is 0.158 e. The van der Waals surface area contributed by atoms with Gasteiger partial charge in [0.15, 0.2) is 5.82 Å². The summed E-state index contributed by atoms with van der Waals surface area (Å²) in [6, 6.07) is 1.70. The predicted octanol–water partition coefficient (Wildman–Crippen LogP) is 0.386. The van der Waals surface area contributed by atoms with Gasteiger partial charge in [0.05, 0.1) is 11.9 Å². The molecule has 2 rings (SSSR count). The highest BCUT2D eigenvalue weighted by Crippen LogP contribution is 2.16. The van der Waals surface area contributed by atoms with Crippen LogP contribution in [0.15, 0.2) is 18.5 Å². The Hall–Kier alpha value is -2.19. The number of hydrogen-bond acceptors (Lipinski definition) is 7. The van der Waals surface area contributed by atoms with Crippen molar-refractivity contribution in [3.8, 4) is 0 Å². The fourth-order valence-corrected chi connectivity index (χ4v) is 1.46. The largest absolute Gasteiger partial charge is 0.377 e. The SMILES string of the molecule is COCc1nc(NN)cc(Nc2cnn(C)c2)n1. The standard InChI is InChI=1S/C10H15N7O/c1-17-5-7(4-12-17)13-8-3-9(16-11)15-10(14-8)6-18-2/h3-5H,6,11H2,1-2H3,(H2,13,14,15,16). The normalized spacial score (nSPS) is 10.4. The zero-order valence-electron chi connectivity index (χ0n) is 10.2. The minimum absolute atomic E-state index is 0.317. The summed E-state index contributed by atoms with van der Waals surface area (Å²) in [5.74, 6) is 7.04. The summed E-state index contributed by atoms with van der Waals surface area (Å²) in [7, 11) is 3.43. The fraction of sp³-hybridized carbons (Fsp3) is 0.300. The van der Waals surface area contributed by atoms with Gasteiger partial charge in [-0.15, -0.1) is 0 Å². The van der Waals surface area contributed by atoms with Gasteiger partial charge in [0.2, 0.25) is 0 Å². The monoisotopic (exact) mass is 249 g/mol. The lowest BCUT2D eigenvalue weighted by Crippen LogP contribution is -2.11. The van der Waals surface area contributed by atoms with Crippen LogP contribution in [0.2, 0.25) is 0 Å². The van der Waals surface area contributed by atoms with Crippen LogP contribution in [0.4, 0.5) is 17.3 Å². The quantitative estimate of drug-likeness (QED) is 0.520. The van der Waals surface area contributed by atoms with E-state index < -0.39 is 0 Å². The van der Waals surface area contributed by atoms with Crippen molar-refractivity contribution in [2.75, 3.05) is 17.9 Å². The number of methoxy groups -OCH3 is 1. The first kappa shape index (κ1) is 12.3. The Bertz CT molecular complexity index is 525. The van der Waals surface area contributed by atoms with Crippen LogP contribution in [-0.2, 0) is 18.4 Å². The number of aromatic nitrogens is 4. The van der Waals surface area contributed by atoms with E-state index in [1.54, 1.807) is 24.1 Å². The van der Waals surface area contributed by atoms with Crippen molar-refractivity contribution in [3.63, 3.8) is 0 Å². The number of nitrogens with zero attached hydrogens (tertiary/aromatic N) is 4. The van der Waals surface area contributed by atoms with E-state index in [1.807, 2.05) is 13.2 Å². The lowest BCUT2D eigenvalue weighted by molar-refractivity contribution is 0.178. The Morgan fingerprint density at radius 2 is 2.17 bits per heavy atom. The molecule has 0 spiro atoms. The Balaban J connectivity index is 2.23. The molecule has 0 saturated carbocycles. The summed E-state index contributed by atoms with van der Waals surface area (Å²) in [5, 5.41) is 7.17. The van der Waals surface area contributed by atoms with Crippen LogP contribution in [0.1, 0.15) is 5.82 Å². The highest BCUT2D eigenvalue weighted by atomic mass is 16.5. The molecule has 96 valence electrons. The van der Waals surface area contributed by atoms with Crippen LogP contribution >= 0.6 is 0 Å². The van der Waals surface area contributed by atoms with Crippen LogP contribution in [-0.4, -0.2) is 26.9 Å². The number of ether oxygens (including phenoxy) is 1. The van der Waals surface area contributed by atoms with Gasteiger partial charge in [-0.05, 0) is 0 Å². The molecule has 8 heteroatoms. The molecule has 2 aromatic rings. The molecule has 0 aromatic carbocycles. The van der Waals surface area contributed by atoms with Gasteiger partial charge in [-0.1, -0.05) is 0 Å². The van der Waals surface area contributed by atoms with E-state index in [2.05, 4.69) is 25.8 Å². The minimum atomic E-state index is 0.317. The molecule has 0 aliphatic heterocycles. The molecule has 8 nitrogen and oxygen atoms in total. The number of hydrogen-bond donors (Lipinski definition) is 3. The molecular formula is C10H15N7O. The molecule has 0 bridgehead atoms. The van der Waals surface area contributed by atoms with Crippen LogP contribution in [0.3, 0.4) is 0 Å². The summed E-state index contributed by atoms with van der Waals surface area (Å²) >= 11 is 0. The zero-order valence-corrected chi connectivity index (χ0v) is 10.2. The Labute approximate surface area is 104 Å². The molecule has 0 radical (unpaired) electrons. The van der Waals surface area contributed by atoms with Crippen molar-refractivity contribution in [1.82, 2.24) is 19.7 Å². The van der Waals surface area contributed by atoms with Crippen molar-refractivity contribution in [2.45, 2.75) is 6.61 Å². The van der Waals surface area contributed by atoms with Crippen LogP contribution < -0.4 is 16.6 Å². The van der Waals surface area contributed by atoms with Crippen LogP contribution in [0.5, 0.6) is 0 Å². The number of nitrogens with one attached hydrogen (secondary N) is 2. The smallest absolute Gasteiger partial charge is 0.158 e. The number of anilines is 3. The van der Waals surface area contributed by atoms with Gasteiger partial charge >= 0.3 is 0 Å². The first-order valence-electron chi connectivity index (χ1n) is 5.30. The van der Waals surface area contributed by atoms with E-state index in [1.165, 1.54) is 0 Å². The van der Waals surface area contributed by atoms with E-state index in [0.29, 0.717) is 24.1 Å². The highest BCUT2D eigenvalue weighted by molar-refractivity contribution is 5.57. The molecule has 0 saturated heterocycles. The molecule has 18 heavy (non-hydrogen) atoms. The fourth-order valence-electron chi connectivity index (χ4n) is 1.46. The summed E-state index contributed by atoms with van der Waals surface area (Å²) in [5.41, 5.74) is 3.33. The average Bonchev–Trinajstić information content (AvgIpc) is 2.75. The molecule has 0 fully saturated rings. The second-order valence-electron chi connectivity index (χ2n) is 3.66. The average molecular weight is 249 g/mol. The second-order valence-corrected chi connectivity index (χ2v) is 3.66. The topological polar surface area (TPSA) is 103 Å². The van der Waals surface area contributed by atoms with Crippen molar-refractivity contribution < 1.29 is 4.74 Å². The predicted molar refractivity (Wildman–Crippen MR) is 67.0 cm³/mol.